The molecule has 1 aliphatic rings. The predicted octanol–water partition coefficient (Wildman–Crippen LogP) is 1.59. The topological polar surface area (TPSA) is 130 Å². The third-order valence-electron chi connectivity index (χ3n) is 5.13. The van der Waals surface area contributed by atoms with Crippen LogP contribution >= 0.6 is 0 Å². The molecule has 1 unspecified atom stereocenters. The second kappa shape index (κ2) is 7.07. The molecule has 5 rings (SSSR count). The fourth-order valence-corrected chi connectivity index (χ4v) is 3.75. The molecule has 0 spiro atoms. The molecule has 0 bridgehead atoms. The second-order valence-electron chi connectivity index (χ2n) is 7.07. The summed E-state index contributed by atoms with van der Waals surface area (Å²) in [4.78, 5) is 41.0. The molecule has 0 fully saturated rings. The lowest BCUT2D eigenvalue weighted by Crippen LogP contribution is -2.35. The number of anilines is 1. The fraction of sp³-hybridized carbons (Fsp3) is 0.200. The number of hydrogen-bond donors (Lipinski definition) is 3. The monoisotopic (exact) mass is 402 g/mol. The number of carbonyl (C=O) groups is 2. The van der Waals surface area contributed by atoms with Gasteiger partial charge in [-0.1, -0.05) is 30.3 Å². The average molecular weight is 402 g/mol. The van der Waals surface area contributed by atoms with E-state index in [1.165, 1.54) is 17.3 Å². The van der Waals surface area contributed by atoms with Crippen molar-refractivity contribution in [2.24, 2.45) is 0 Å². The molecule has 3 aromatic heterocycles. The number of hydrogen-bond acceptors (Lipinski definition) is 6. The van der Waals surface area contributed by atoms with E-state index in [-0.39, 0.29) is 18.2 Å². The highest BCUT2D eigenvalue weighted by molar-refractivity contribution is 6.01. The smallest absolute Gasteiger partial charge is 0.228 e. The van der Waals surface area contributed by atoms with Crippen LogP contribution < -0.4 is 10.6 Å². The van der Waals surface area contributed by atoms with Gasteiger partial charge in [-0.05, 0) is 12.5 Å². The first-order valence-corrected chi connectivity index (χ1v) is 9.47. The number of carbonyl (C=O) groups excluding carboxylic acids is 2. The van der Waals surface area contributed by atoms with Crippen LogP contribution in [0, 0.1) is 6.92 Å². The van der Waals surface area contributed by atoms with Crippen LogP contribution in [0.15, 0.2) is 43.0 Å². The van der Waals surface area contributed by atoms with Crippen LogP contribution in [0.25, 0.3) is 17.0 Å². The van der Waals surface area contributed by atoms with E-state index in [1.54, 1.807) is 0 Å². The lowest BCUT2D eigenvalue weighted by molar-refractivity contribution is -0.126. The van der Waals surface area contributed by atoms with Crippen molar-refractivity contribution in [3.63, 3.8) is 0 Å². The van der Waals surface area contributed by atoms with Gasteiger partial charge in [0.2, 0.25) is 11.8 Å². The minimum absolute atomic E-state index is 0.0589. The molecule has 1 aromatic carbocycles. The molecule has 0 saturated heterocycles. The average Bonchev–Trinajstić information content (AvgIpc) is 3.36. The Morgan fingerprint density at radius 3 is 2.90 bits per heavy atom. The van der Waals surface area contributed by atoms with Gasteiger partial charge in [-0.15, -0.1) is 0 Å². The van der Waals surface area contributed by atoms with E-state index in [2.05, 4.69) is 35.7 Å². The van der Waals surface area contributed by atoms with Gasteiger partial charge in [-0.2, -0.15) is 9.78 Å². The minimum atomic E-state index is -0.634. The molecule has 4 aromatic rings. The molecular formula is C20H18N8O2. The lowest BCUT2D eigenvalue weighted by atomic mass is 9.91. The van der Waals surface area contributed by atoms with Crippen LogP contribution in [0.2, 0.25) is 0 Å². The molecule has 0 saturated carbocycles. The Morgan fingerprint density at radius 1 is 1.23 bits per heavy atom. The van der Waals surface area contributed by atoms with Gasteiger partial charge in [0.05, 0.1) is 17.9 Å². The number of benzene rings is 1. The number of rotatable bonds is 4. The molecule has 1 atom stereocenters. The highest BCUT2D eigenvalue weighted by Crippen LogP contribution is 2.36. The summed E-state index contributed by atoms with van der Waals surface area (Å²) in [5.41, 5.74) is 3.40. The van der Waals surface area contributed by atoms with Gasteiger partial charge >= 0.3 is 0 Å². The molecule has 30 heavy (non-hydrogen) atoms. The van der Waals surface area contributed by atoms with Gasteiger partial charge in [0.25, 0.3) is 0 Å². The van der Waals surface area contributed by atoms with E-state index >= 15 is 0 Å². The van der Waals surface area contributed by atoms with Crippen LogP contribution in [0.3, 0.4) is 0 Å². The Morgan fingerprint density at radius 2 is 2.07 bits per heavy atom. The number of aromatic amines is 1. The van der Waals surface area contributed by atoms with Crippen molar-refractivity contribution < 1.29 is 9.59 Å². The third-order valence-corrected chi connectivity index (χ3v) is 5.13. The Labute approximate surface area is 170 Å². The predicted molar refractivity (Wildman–Crippen MR) is 108 cm³/mol. The zero-order chi connectivity index (χ0) is 20.7. The van der Waals surface area contributed by atoms with E-state index in [0.29, 0.717) is 40.6 Å². The normalized spacial score (nSPS) is 15.6. The Hall–Kier alpha value is -4.08. The summed E-state index contributed by atoms with van der Waals surface area (Å²) in [5, 5.41) is 10.3. The van der Waals surface area contributed by atoms with E-state index < -0.39 is 5.92 Å². The molecule has 10 heteroatoms. The summed E-state index contributed by atoms with van der Waals surface area (Å²) in [5.74, 6) is -0.207. The number of nitrogens with one attached hydrogen (secondary N) is 3. The molecule has 4 heterocycles. The van der Waals surface area contributed by atoms with Crippen LogP contribution in [-0.2, 0) is 16.1 Å². The van der Waals surface area contributed by atoms with Crippen LogP contribution in [0.5, 0.6) is 0 Å². The first kappa shape index (κ1) is 18.0. The molecule has 0 aliphatic carbocycles. The highest BCUT2D eigenvalue weighted by atomic mass is 16.2. The Balaban J connectivity index is 1.52. The van der Waals surface area contributed by atoms with Crippen molar-refractivity contribution in [3.8, 4) is 5.82 Å². The van der Waals surface area contributed by atoms with Crippen LogP contribution in [-0.4, -0.2) is 41.5 Å². The quantitative estimate of drug-likeness (QED) is 0.475. The summed E-state index contributed by atoms with van der Waals surface area (Å²) in [6.45, 7) is 2.20. The molecular weight excluding hydrogens is 384 g/mol. The van der Waals surface area contributed by atoms with Crippen molar-refractivity contribution in [3.05, 3.63) is 59.8 Å². The van der Waals surface area contributed by atoms with Gasteiger partial charge in [-0.25, -0.2) is 15.0 Å². The Kier molecular flexibility index (Phi) is 4.24. The summed E-state index contributed by atoms with van der Waals surface area (Å²) >= 11 is 0. The maximum absolute atomic E-state index is 13.0. The van der Waals surface area contributed by atoms with Gasteiger partial charge in [0, 0.05) is 18.5 Å². The van der Waals surface area contributed by atoms with E-state index in [0.717, 1.165) is 5.56 Å². The number of H-pyrrole nitrogens is 1. The highest BCUT2D eigenvalue weighted by Gasteiger charge is 2.36. The van der Waals surface area contributed by atoms with Gasteiger partial charge in [-0.3, -0.25) is 9.59 Å². The number of amides is 2. The number of fused-ring (bicyclic) bond motifs is 2. The summed E-state index contributed by atoms with van der Waals surface area (Å²) in [6.07, 6.45) is 2.96. The zero-order valence-electron chi connectivity index (χ0n) is 16.1. The molecule has 1 aliphatic heterocycles. The van der Waals surface area contributed by atoms with Gasteiger partial charge in [0.1, 0.15) is 17.7 Å². The van der Waals surface area contributed by atoms with Gasteiger partial charge < -0.3 is 15.6 Å². The minimum Gasteiger partial charge on any atom is -0.351 e. The molecule has 150 valence electrons. The molecule has 10 nitrogen and oxygen atoms in total. The lowest BCUT2D eigenvalue weighted by Gasteiger charge is -2.23. The van der Waals surface area contributed by atoms with Crippen LogP contribution in [0.4, 0.5) is 5.82 Å². The van der Waals surface area contributed by atoms with Crippen molar-refractivity contribution in [2.45, 2.75) is 25.8 Å². The first-order chi connectivity index (χ1) is 14.6. The van der Waals surface area contributed by atoms with Crippen molar-refractivity contribution >= 4 is 28.8 Å². The van der Waals surface area contributed by atoms with Crippen molar-refractivity contribution in [1.29, 1.82) is 0 Å². The number of nitrogens with zero attached hydrogens (tertiary/aromatic N) is 5. The number of imidazole rings is 1. The summed E-state index contributed by atoms with van der Waals surface area (Å²) in [7, 11) is 0. The maximum atomic E-state index is 13.0. The third kappa shape index (κ3) is 2.98. The second-order valence-corrected chi connectivity index (χ2v) is 7.07. The van der Waals surface area contributed by atoms with Crippen molar-refractivity contribution in [2.75, 3.05) is 5.32 Å². The maximum Gasteiger partial charge on any atom is 0.228 e. The van der Waals surface area contributed by atoms with E-state index in [4.69, 9.17) is 0 Å². The van der Waals surface area contributed by atoms with Crippen molar-refractivity contribution in [1.82, 2.24) is 35.0 Å². The molecule has 0 radical (unpaired) electrons. The SMILES string of the molecule is Cc1nn(-c2ncnc3nc[nH]c23)c2c1C(C(=O)NCc1ccccc1)CC(=O)N2. The molecule has 3 N–H and O–H groups in total. The molecule has 2 amide bonds. The Bertz CT molecular complexity index is 1260. The van der Waals surface area contributed by atoms with Gasteiger partial charge in [0.15, 0.2) is 11.5 Å². The first-order valence-electron chi connectivity index (χ1n) is 9.47. The largest absolute Gasteiger partial charge is 0.351 e. The number of aryl methyl sites for hydroxylation is 1. The summed E-state index contributed by atoms with van der Waals surface area (Å²) in [6, 6.07) is 9.63. The van der Waals surface area contributed by atoms with Crippen LogP contribution in [0.1, 0.15) is 29.2 Å². The standard InChI is InChI=1S/C20H18N8O2/c1-11-15-13(20(30)21-8-12-5-3-2-4-6-12)7-14(29)26-18(15)28(27-11)19-16-17(23-9-22-16)24-10-25-19/h2-6,9-10,13H,7-8H2,1H3,(H,21,30)(H,26,29)(H,22,23,24,25). The summed E-state index contributed by atoms with van der Waals surface area (Å²) < 4.78 is 1.53. The number of aromatic nitrogens is 6. The fourth-order valence-electron chi connectivity index (χ4n) is 3.75. The zero-order valence-corrected chi connectivity index (χ0v) is 16.1. The van der Waals surface area contributed by atoms with E-state index in [1.807, 2.05) is 37.3 Å². The van der Waals surface area contributed by atoms with E-state index in [9.17, 15) is 9.59 Å².